The Labute approximate surface area is 120 Å². The fraction of sp³-hybridized carbons (Fsp3) is 0.0714. The number of pyridine rings is 1. The molecule has 20 heavy (non-hydrogen) atoms. The van der Waals surface area contributed by atoms with Gasteiger partial charge in [0.15, 0.2) is 5.69 Å². The molecule has 0 saturated carbocycles. The van der Waals surface area contributed by atoms with Gasteiger partial charge in [-0.1, -0.05) is 23.7 Å². The van der Waals surface area contributed by atoms with Crippen LogP contribution in [0.5, 0.6) is 0 Å². The molecular weight excluding hydrogens is 280 g/mol. The van der Waals surface area contributed by atoms with Gasteiger partial charge in [-0.15, -0.1) is 0 Å². The van der Waals surface area contributed by atoms with Gasteiger partial charge in [-0.3, -0.25) is 4.79 Å². The van der Waals surface area contributed by atoms with Crippen LogP contribution in [-0.4, -0.2) is 22.0 Å². The minimum absolute atomic E-state index is 0.134. The van der Waals surface area contributed by atoms with Crippen LogP contribution in [0.2, 0.25) is 5.02 Å². The highest BCUT2D eigenvalue weighted by molar-refractivity contribution is 6.31. The highest BCUT2D eigenvalue weighted by Crippen LogP contribution is 2.17. The molecule has 0 unspecified atom stereocenters. The molecule has 0 spiro atoms. The Bertz CT molecular complexity index is 686. The summed E-state index contributed by atoms with van der Waals surface area (Å²) in [7, 11) is 0. The zero-order chi connectivity index (χ0) is 14.7. The lowest BCUT2D eigenvalue weighted by Gasteiger charge is -2.08. The van der Waals surface area contributed by atoms with E-state index in [1.54, 1.807) is 25.1 Å². The van der Waals surface area contributed by atoms with Crippen LogP contribution in [0.25, 0.3) is 0 Å². The molecule has 1 aromatic heterocycles. The van der Waals surface area contributed by atoms with Crippen LogP contribution < -0.4 is 5.32 Å². The first-order valence-corrected chi connectivity index (χ1v) is 6.13. The maximum absolute atomic E-state index is 12.1. The highest BCUT2D eigenvalue weighted by atomic mass is 35.5. The molecule has 0 aliphatic heterocycles. The maximum atomic E-state index is 12.1. The number of aromatic carboxylic acids is 1. The maximum Gasteiger partial charge on any atom is 0.354 e. The lowest BCUT2D eigenvalue weighted by molar-refractivity contribution is 0.0690. The van der Waals surface area contributed by atoms with Crippen LogP contribution >= 0.6 is 11.6 Å². The number of carbonyl (C=O) groups is 2. The van der Waals surface area contributed by atoms with Gasteiger partial charge in [-0.25, -0.2) is 9.78 Å². The third-order valence-corrected chi connectivity index (χ3v) is 2.89. The first-order chi connectivity index (χ1) is 9.47. The van der Waals surface area contributed by atoms with Crippen molar-refractivity contribution in [2.24, 2.45) is 0 Å². The summed E-state index contributed by atoms with van der Waals surface area (Å²) in [5, 5.41) is 11.8. The second-order valence-electron chi connectivity index (χ2n) is 4.13. The number of carboxylic acids is 1. The molecule has 1 aromatic carbocycles. The summed E-state index contributed by atoms with van der Waals surface area (Å²) in [6, 6.07) is 9.35. The quantitative estimate of drug-likeness (QED) is 0.911. The van der Waals surface area contributed by atoms with Gasteiger partial charge in [0, 0.05) is 10.6 Å². The Morgan fingerprint density at radius 1 is 1.25 bits per heavy atom. The predicted octanol–water partition coefficient (Wildman–Crippen LogP) is 2.99. The second kappa shape index (κ2) is 5.71. The number of nitrogens with zero attached hydrogens (tertiary/aromatic N) is 1. The number of amides is 1. The van der Waals surface area contributed by atoms with E-state index in [2.05, 4.69) is 10.3 Å². The number of hydrogen-bond donors (Lipinski definition) is 2. The van der Waals surface area contributed by atoms with Crippen LogP contribution in [0.3, 0.4) is 0 Å². The number of carbonyl (C=O) groups excluding carboxylic acids is 1. The molecule has 0 aliphatic carbocycles. The van der Waals surface area contributed by atoms with Crippen LogP contribution in [0.15, 0.2) is 36.4 Å². The number of hydrogen-bond acceptors (Lipinski definition) is 3. The Morgan fingerprint density at radius 3 is 2.70 bits per heavy atom. The molecule has 0 saturated heterocycles. The van der Waals surface area contributed by atoms with Gasteiger partial charge in [0.2, 0.25) is 0 Å². The number of halogens is 1. The second-order valence-corrected chi connectivity index (χ2v) is 4.56. The summed E-state index contributed by atoms with van der Waals surface area (Å²) in [6.07, 6.45) is 0. The van der Waals surface area contributed by atoms with Crippen LogP contribution in [0, 0.1) is 6.92 Å². The van der Waals surface area contributed by atoms with E-state index in [1.165, 1.54) is 18.2 Å². The van der Waals surface area contributed by atoms with Crippen molar-refractivity contribution in [2.45, 2.75) is 6.92 Å². The molecule has 0 bridgehead atoms. The first-order valence-electron chi connectivity index (χ1n) is 5.75. The Morgan fingerprint density at radius 2 is 2.00 bits per heavy atom. The van der Waals surface area contributed by atoms with Gasteiger partial charge < -0.3 is 10.4 Å². The van der Waals surface area contributed by atoms with E-state index in [-0.39, 0.29) is 17.4 Å². The van der Waals surface area contributed by atoms with Crippen LogP contribution in [0.1, 0.15) is 26.4 Å². The van der Waals surface area contributed by atoms with E-state index in [1.807, 2.05) is 0 Å². The number of aromatic nitrogens is 1. The van der Waals surface area contributed by atoms with E-state index >= 15 is 0 Å². The van der Waals surface area contributed by atoms with Gasteiger partial charge in [0.05, 0.1) is 0 Å². The van der Waals surface area contributed by atoms with Crippen molar-refractivity contribution >= 4 is 29.3 Å². The Kier molecular flexibility index (Phi) is 4.00. The molecule has 0 fully saturated rings. The van der Waals surface area contributed by atoms with Crippen LogP contribution in [0.4, 0.5) is 5.82 Å². The van der Waals surface area contributed by atoms with Gasteiger partial charge in [-0.05, 0) is 36.8 Å². The summed E-state index contributed by atoms with van der Waals surface area (Å²) in [5.74, 6) is -1.37. The van der Waals surface area contributed by atoms with Crippen molar-refractivity contribution in [1.82, 2.24) is 4.98 Å². The fourth-order valence-electron chi connectivity index (χ4n) is 1.65. The first kappa shape index (κ1) is 14.0. The molecule has 1 heterocycles. The van der Waals surface area contributed by atoms with E-state index in [0.717, 1.165) is 5.56 Å². The molecule has 6 heteroatoms. The van der Waals surface area contributed by atoms with E-state index in [4.69, 9.17) is 16.7 Å². The number of benzene rings is 1. The molecule has 2 N–H and O–H groups in total. The van der Waals surface area contributed by atoms with E-state index in [9.17, 15) is 9.59 Å². The Balaban J connectivity index is 2.25. The van der Waals surface area contributed by atoms with Crippen molar-refractivity contribution < 1.29 is 14.7 Å². The third kappa shape index (κ3) is 3.13. The Hall–Kier alpha value is -2.40. The normalized spacial score (nSPS) is 10.1. The zero-order valence-corrected chi connectivity index (χ0v) is 11.3. The zero-order valence-electron chi connectivity index (χ0n) is 10.6. The number of carboxylic acid groups (broad SMARTS) is 1. The van der Waals surface area contributed by atoms with Gasteiger partial charge in [-0.2, -0.15) is 0 Å². The van der Waals surface area contributed by atoms with Gasteiger partial charge in [0.1, 0.15) is 5.82 Å². The topological polar surface area (TPSA) is 79.3 Å². The molecule has 5 nitrogen and oxygen atoms in total. The average molecular weight is 291 g/mol. The van der Waals surface area contributed by atoms with Crippen molar-refractivity contribution in [2.75, 3.05) is 5.32 Å². The van der Waals surface area contributed by atoms with Crippen molar-refractivity contribution in [3.8, 4) is 0 Å². The molecule has 102 valence electrons. The fourth-order valence-corrected chi connectivity index (χ4v) is 1.82. The molecule has 0 aliphatic rings. The SMILES string of the molecule is Cc1ccc(Cl)cc1C(=O)Nc1cccc(C(=O)O)n1. The van der Waals surface area contributed by atoms with Gasteiger partial charge >= 0.3 is 5.97 Å². The summed E-state index contributed by atoms with van der Waals surface area (Å²) in [4.78, 5) is 26.8. The molecule has 1 amide bonds. The molecular formula is C14H11ClN2O3. The lowest BCUT2D eigenvalue weighted by Crippen LogP contribution is -2.15. The summed E-state index contributed by atoms with van der Waals surface area (Å²) < 4.78 is 0. The third-order valence-electron chi connectivity index (χ3n) is 2.65. The molecule has 2 rings (SSSR count). The standard InChI is InChI=1S/C14H11ClN2O3/c1-8-5-6-9(15)7-10(8)13(18)17-12-4-2-3-11(16-12)14(19)20/h2-7H,1H3,(H,19,20)(H,16,17,18). The smallest absolute Gasteiger partial charge is 0.354 e. The number of nitrogens with one attached hydrogen (secondary N) is 1. The number of rotatable bonds is 3. The van der Waals surface area contributed by atoms with Crippen molar-refractivity contribution in [1.29, 1.82) is 0 Å². The minimum Gasteiger partial charge on any atom is -0.477 e. The molecule has 0 atom stereocenters. The summed E-state index contributed by atoms with van der Waals surface area (Å²) >= 11 is 5.86. The highest BCUT2D eigenvalue weighted by Gasteiger charge is 2.12. The number of aryl methyl sites for hydroxylation is 1. The lowest BCUT2D eigenvalue weighted by atomic mass is 10.1. The minimum atomic E-state index is -1.15. The predicted molar refractivity (Wildman–Crippen MR) is 75.3 cm³/mol. The van der Waals surface area contributed by atoms with E-state index < -0.39 is 5.97 Å². The molecule has 0 radical (unpaired) electrons. The average Bonchev–Trinajstić information content (AvgIpc) is 2.41. The summed E-state index contributed by atoms with van der Waals surface area (Å²) in [5.41, 5.74) is 1.05. The van der Waals surface area contributed by atoms with E-state index in [0.29, 0.717) is 10.6 Å². The number of anilines is 1. The monoisotopic (exact) mass is 290 g/mol. The van der Waals surface area contributed by atoms with Crippen molar-refractivity contribution in [3.63, 3.8) is 0 Å². The van der Waals surface area contributed by atoms with Crippen LogP contribution in [-0.2, 0) is 0 Å². The molecule has 2 aromatic rings. The van der Waals surface area contributed by atoms with Gasteiger partial charge in [0.25, 0.3) is 5.91 Å². The van der Waals surface area contributed by atoms with Crippen molar-refractivity contribution in [3.05, 3.63) is 58.2 Å². The largest absolute Gasteiger partial charge is 0.477 e. The summed E-state index contributed by atoms with van der Waals surface area (Å²) in [6.45, 7) is 1.78.